The van der Waals surface area contributed by atoms with E-state index in [-0.39, 0.29) is 16.7 Å². The highest BCUT2D eigenvalue weighted by Gasteiger charge is 2.12. The number of nitrogens with zero attached hydrogens (tertiary/aromatic N) is 1. The third kappa shape index (κ3) is 4.70. The number of carbonyl (C=O) groups is 1. The molecule has 0 fully saturated rings. The number of anilines is 1. The summed E-state index contributed by atoms with van der Waals surface area (Å²) in [6.45, 7) is 1.73. The molecule has 3 N–H and O–H groups in total. The molecule has 0 radical (unpaired) electrons. The van der Waals surface area contributed by atoms with Gasteiger partial charge >= 0.3 is 0 Å². The van der Waals surface area contributed by atoms with Crippen LogP contribution in [0.4, 0.5) is 5.69 Å². The monoisotopic (exact) mass is 401 g/mol. The normalized spacial score (nSPS) is 12.3. The fraction of sp³-hybridized carbons (Fsp3) is 0.100. The first-order chi connectivity index (χ1) is 12.9. The molecular weight excluding hydrogens is 385 g/mol. The summed E-state index contributed by atoms with van der Waals surface area (Å²) in [7, 11) is 0. The summed E-state index contributed by atoms with van der Waals surface area (Å²) in [5.41, 5.74) is 3.57. The van der Waals surface area contributed by atoms with Crippen LogP contribution in [0.1, 0.15) is 12.5 Å². The molecule has 1 atom stereocenters. The molecule has 138 valence electrons. The molecule has 7 heteroatoms. The quantitative estimate of drug-likeness (QED) is 0.424. The van der Waals surface area contributed by atoms with Gasteiger partial charge in [-0.15, -0.1) is 0 Å². The van der Waals surface area contributed by atoms with Gasteiger partial charge in [0.2, 0.25) is 0 Å². The average molecular weight is 402 g/mol. The van der Waals surface area contributed by atoms with Crippen molar-refractivity contribution in [1.29, 1.82) is 0 Å². The van der Waals surface area contributed by atoms with Crippen molar-refractivity contribution in [2.24, 2.45) is 5.10 Å². The van der Waals surface area contributed by atoms with E-state index in [2.05, 4.69) is 15.8 Å². The van der Waals surface area contributed by atoms with E-state index in [1.807, 2.05) is 42.5 Å². The molecule has 0 aliphatic rings. The highest BCUT2D eigenvalue weighted by Crippen LogP contribution is 2.29. The number of halogens is 2. The van der Waals surface area contributed by atoms with Crippen LogP contribution < -0.4 is 10.7 Å². The summed E-state index contributed by atoms with van der Waals surface area (Å²) in [5, 5.41) is 19.5. The number of fused-ring (bicyclic) bond motifs is 1. The largest absolute Gasteiger partial charge is 0.506 e. The van der Waals surface area contributed by atoms with Gasteiger partial charge in [0.25, 0.3) is 5.91 Å². The lowest BCUT2D eigenvalue weighted by Crippen LogP contribution is -2.34. The topological polar surface area (TPSA) is 73.7 Å². The van der Waals surface area contributed by atoms with Gasteiger partial charge in [-0.3, -0.25) is 4.79 Å². The van der Waals surface area contributed by atoms with E-state index in [0.717, 1.165) is 16.5 Å². The maximum atomic E-state index is 12.2. The lowest BCUT2D eigenvalue weighted by molar-refractivity contribution is -0.121. The van der Waals surface area contributed by atoms with Crippen LogP contribution in [0.15, 0.2) is 59.7 Å². The fourth-order valence-corrected chi connectivity index (χ4v) is 3.05. The van der Waals surface area contributed by atoms with Crippen LogP contribution in [0.25, 0.3) is 10.8 Å². The van der Waals surface area contributed by atoms with Gasteiger partial charge in [0, 0.05) is 16.3 Å². The molecule has 0 unspecified atom stereocenters. The van der Waals surface area contributed by atoms with Gasteiger partial charge in [-0.25, -0.2) is 5.43 Å². The number of aromatic hydroxyl groups is 1. The van der Waals surface area contributed by atoms with Crippen LogP contribution in [0.2, 0.25) is 10.0 Å². The zero-order valence-corrected chi connectivity index (χ0v) is 15.9. The van der Waals surface area contributed by atoms with Crippen LogP contribution >= 0.6 is 23.2 Å². The Morgan fingerprint density at radius 2 is 1.85 bits per heavy atom. The van der Waals surface area contributed by atoms with Gasteiger partial charge in [0.05, 0.1) is 11.2 Å². The van der Waals surface area contributed by atoms with Crippen molar-refractivity contribution in [2.45, 2.75) is 13.0 Å². The number of amides is 1. The molecule has 0 saturated heterocycles. The lowest BCUT2D eigenvalue weighted by atomic mass is 10.1. The minimum absolute atomic E-state index is 0.113. The van der Waals surface area contributed by atoms with Crippen LogP contribution in [-0.4, -0.2) is 23.3 Å². The van der Waals surface area contributed by atoms with Gasteiger partial charge in [0.15, 0.2) is 0 Å². The SMILES string of the molecule is C[C@@H](Nc1ccc2ccccc2c1)C(=O)N/N=C\c1cc(Cl)cc(Cl)c1O. The Bertz CT molecular complexity index is 1020. The molecule has 1 amide bonds. The molecule has 0 bridgehead atoms. The maximum absolute atomic E-state index is 12.2. The van der Waals surface area contributed by atoms with E-state index in [1.54, 1.807) is 6.92 Å². The van der Waals surface area contributed by atoms with E-state index in [9.17, 15) is 9.90 Å². The summed E-state index contributed by atoms with van der Waals surface area (Å²) in [6, 6.07) is 16.3. The predicted octanol–water partition coefficient (Wildman–Crippen LogP) is 4.80. The molecule has 3 aromatic carbocycles. The number of nitrogens with one attached hydrogen (secondary N) is 2. The summed E-state index contributed by atoms with van der Waals surface area (Å²) in [4.78, 5) is 12.2. The van der Waals surface area contributed by atoms with Crippen LogP contribution in [0, 0.1) is 0 Å². The Morgan fingerprint density at radius 1 is 1.11 bits per heavy atom. The first-order valence-electron chi connectivity index (χ1n) is 8.20. The highest BCUT2D eigenvalue weighted by atomic mass is 35.5. The van der Waals surface area contributed by atoms with Gasteiger partial charge in [-0.05, 0) is 42.0 Å². The summed E-state index contributed by atoms with van der Waals surface area (Å²) in [5.74, 6) is -0.478. The molecule has 3 aromatic rings. The van der Waals surface area contributed by atoms with E-state index in [1.165, 1.54) is 18.3 Å². The van der Waals surface area contributed by atoms with Crippen molar-refractivity contribution in [3.8, 4) is 5.75 Å². The number of phenols is 1. The maximum Gasteiger partial charge on any atom is 0.262 e. The smallest absolute Gasteiger partial charge is 0.262 e. The number of hydrazone groups is 1. The minimum atomic E-state index is -0.514. The second-order valence-corrected chi connectivity index (χ2v) is 6.83. The molecule has 3 rings (SSSR count). The minimum Gasteiger partial charge on any atom is -0.506 e. The molecule has 0 heterocycles. The third-order valence-electron chi connectivity index (χ3n) is 3.96. The molecule has 0 saturated carbocycles. The first kappa shape index (κ1) is 19.0. The summed E-state index contributed by atoms with van der Waals surface area (Å²) < 4.78 is 0. The standard InChI is InChI=1S/C20H17Cl2N3O2/c1-12(24-17-7-6-13-4-2-3-5-14(13)9-17)20(27)25-23-11-15-8-16(21)10-18(22)19(15)26/h2-12,24,26H,1H3,(H,25,27)/b23-11-/t12-/m1/s1. The third-order valence-corrected chi connectivity index (χ3v) is 4.47. The van der Waals surface area contributed by atoms with Crippen molar-refractivity contribution in [3.05, 3.63) is 70.2 Å². The van der Waals surface area contributed by atoms with Crippen molar-refractivity contribution in [1.82, 2.24) is 5.43 Å². The van der Waals surface area contributed by atoms with Crippen LogP contribution in [-0.2, 0) is 4.79 Å². The van der Waals surface area contributed by atoms with Crippen molar-refractivity contribution in [3.63, 3.8) is 0 Å². The van der Waals surface area contributed by atoms with E-state index in [4.69, 9.17) is 23.2 Å². The molecule has 27 heavy (non-hydrogen) atoms. The fourth-order valence-electron chi connectivity index (χ4n) is 2.54. The second-order valence-electron chi connectivity index (χ2n) is 5.99. The predicted molar refractivity (Wildman–Crippen MR) is 111 cm³/mol. The summed E-state index contributed by atoms with van der Waals surface area (Å²) in [6.07, 6.45) is 1.29. The van der Waals surface area contributed by atoms with Crippen molar-refractivity contribution in [2.75, 3.05) is 5.32 Å². The molecular formula is C20H17Cl2N3O2. The van der Waals surface area contributed by atoms with Gasteiger partial charge < -0.3 is 10.4 Å². The number of rotatable bonds is 5. The zero-order chi connectivity index (χ0) is 19.4. The Hall–Kier alpha value is -2.76. The van der Waals surface area contributed by atoms with Gasteiger partial charge in [0.1, 0.15) is 11.8 Å². The number of benzene rings is 3. The Kier molecular flexibility index (Phi) is 5.84. The van der Waals surface area contributed by atoms with E-state index >= 15 is 0 Å². The van der Waals surface area contributed by atoms with Crippen LogP contribution in [0.3, 0.4) is 0 Å². The highest BCUT2D eigenvalue weighted by molar-refractivity contribution is 6.36. The van der Waals surface area contributed by atoms with Gasteiger partial charge in [-0.1, -0.05) is 53.5 Å². The molecule has 5 nitrogen and oxygen atoms in total. The van der Waals surface area contributed by atoms with E-state index in [0.29, 0.717) is 10.6 Å². The van der Waals surface area contributed by atoms with E-state index < -0.39 is 6.04 Å². The Morgan fingerprint density at radius 3 is 2.63 bits per heavy atom. The van der Waals surface area contributed by atoms with Crippen molar-refractivity contribution < 1.29 is 9.90 Å². The number of hydrogen-bond acceptors (Lipinski definition) is 4. The number of hydrogen-bond donors (Lipinski definition) is 3. The Balaban J connectivity index is 1.63. The molecule has 0 aromatic heterocycles. The molecule has 0 aliphatic heterocycles. The lowest BCUT2D eigenvalue weighted by Gasteiger charge is -2.14. The number of carbonyl (C=O) groups excluding carboxylic acids is 1. The second kappa shape index (κ2) is 8.29. The first-order valence-corrected chi connectivity index (χ1v) is 8.96. The molecule has 0 spiro atoms. The zero-order valence-electron chi connectivity index (χ0n) is 14.4. The van der Waals surface area contributed by atoms with Gasteiger partial charge in [-0.2, -0.15) is 5.10 Å². The molecule has 0 aliphatic carbocycles. The van der Waals surface area contributed by atoms with Crippen molar-refractivity contribution >= 4 is 51.8 Å². The Labute approximate surface area is 166 Å². The number of phenolic OH excluding ortho intramolecular Hbond substituents is 1. The average Bonchev–Trinajstić information content (AvgIpc) is 2.65. The summed E-state index contributed by atoms with van der Waals surface area (Å²) >= 11 is 11.7. The van der Waals surface area contributed by atoms with Crippen LogP contribution in [0.5, 0.6) is 5.75 Å².